The van der Waals surface area contributed by atoms with Crippen molar-refractivity contribution >= 4 is 17.6 Å². The van der Waals surface area contributed by atoms with E-state index in [4.69, 9.17) is 17.3 Å². The summed E-state index contributed by atoms with van der Waals surface area (Å²) < 4.78 is 4.58. The fraction of sp³-hybridized carbons (Fsp3) is 0.333. The summed E-state index contributed by atoms with van der Waals surface area (Å²) in [6.07, 6.45) is 1.49. The van der Waals surface area contributed by atoms with Gasteiger partial charge in [-0.05, 0) is 24.6 Å². The Morgan fingerprint density at radius 1 is 1.71 bits per heavy atom. The third-order valence-electron chi connectivity index (χ3n) is 1.94. The lowest BCUT2D eigenvalue weighted by molar-refractivity contribution is -0.146. The van der Waals surface area contributed by atoms with E-state index in [9.17, 15) is 4.79 Å². The fourth-order valence-corrected chi connectivity index (χ4v) is 1.23. The molecule has 5 heteroatoms. The van der Waals surface area contributed by atoms with Crippen LogP contribution in [0, 0.1) is 0 Å². The van der Waals surface area contributed by atoms with Gasteiger partial charge in [0.05, 0.1) is 7.11 Å². The number of hydrogen-bond donors (Lipinski definition) is 1. The molecule has 14 heavy (non-hydrogen) atoms. The minimum Gasteiger partial charge on any atom is -0.467 e. The maximum Gasteiger partial charge on any atom is 0.330 e. The Balaban J connectivity index is 3.09. The molecule has 1 heterocycles. The standard InChI is InChI=1S/C9H11ClN2O2/c1-9(11,8(13)14-2)6-3-4-12-7(10)5-6/h3-5H,11H2,1-2H3. The zero-order valence-electron chi connectivity index (χ0n) is 7.95. The number of ether oxygens (including phenoxy) is 1. The van der Waals surface area contributed by atoms with Crippen molar-refractivity contribution in [3.05, 3.63) is 29.0 Å². The highest BCUT2D eigenvalue weighted by atomic mass is 35.5. The van der Waals surface area contributed by atoms with Crippen LogP contribution in [0.2, 0.25) is 5.15 Å². The molecule has 0 spiro atoms. The number of rotatable bonds is 2. The molecule has 76 valence electrons. The Bertz CT molecular complexity index is 352. The van der Waals surface area contributed by atoms with Gasteiger partial charge in [-0.25, -0.2) is 9.78 Å². The molecule has 0 saturated heterocycles. The lowest BCUT2D eigenvalue weighted by Crippen LogP contribution is -2.42. The first-order chi connectivity index (χ1) is 6.48. The van der Waals surface area contributed by atoms with E-state index in [1.165, 1.54) is 13.3 Å². The molecule has 4 nitrogen and oxygen atoms in total. The van der Waals surface area contributed by atoms with Gasteiger partial charge < -0.3 is 10.5 Å². The number of nitrogens with two attached hydrogens (primary N) is 1. The fourth-order valence-electron chi connectivity index (χ4n) is 1.06. The van der Waals surface area contributed by atoms with Crippen molar-refractivity contribution in [2.24, 2.45) is 5.73 Å². The smallest absolute Gasteiger partial charge is 0.330 e. The SMILES string of the molecule is COC(=O)C(C)(N)c1ccnc(Cl)c1. The third-order valence-corrected chi connectivity index (χ3v) is 2.14. The van der Waals surface area contributed by atoms with E-state index in [-0.39, 0.29) is 0 Å². The van der Waals surface area contributed by atoms with Gasteiger partial charge in [-0.15, -0.1) is 0 Å². The van der Waals surface area contributed by atoms with Gasteiger partial charge in [0, 0.05) is 6.20 Å². The maximum atomic E-state index is 11.3. The molecule has 0 radical (unpaired) electrons. The van der Waals surface area contributed by atoms with Gasteiger partial charge in [0.2, 0.25) is 0 Å². The van der Waals surface area contributed by atoms with Gasteiger partial charge in [-0.2, -0.15) is 0 Å². The van der Waals surface area contributed by atoms with E-state index in [1.807, 2.05) is 0 Å². The number of pyridine rings is 1. The normalized spacial score (nSPS) is 14.6. The van der Waals surface area contributed by atoms with Crippen molar-refractivity contribution in [1.82, 2.24) is 4.98 Å². The molecular weight excluding hydrogens is 204 g/mol. The lowest BCUT2D eigenvalue weighted by atomic mass is 9.94. The van der Waals surface area contributed by atoms with Crippen LogP contribution in [0.5, 0.6) is 0 Å². The predicted octanol–water partition coefficient (Wildman–Crippen LogP) is 1.08. The van der Waals surface area contributed by atoms with E-state index >= 15 is 0 Å². The molecule has 1 rings (SSSR count). The van der Waals surface area contributed by atoms with Crippen molar-refractivity contribution < 1.29 is 9.53 Å². The van der Waals surface area contributed by atoms with E-state index in [0.29, 0.717) is 10.7 Å². The van der Waals surface area contributed by atoms with Crippen molar-refractivity contribution in [1.29, 1.82) is 0 Å². The summed E-state index contributed by atoms with van der Waals surface area (Å²) >= 11 is 5.68. The van der Waals surface area contributed by atoms with Crippen LogP contribution in [-0.4, -0.2) is 18.1 Å². The summed E-state index contributed by atoms with van der Waals surface area (Å²) in [5.41, 5.74) is 5.18. The van der Waals surface area contributed by atoms with Crippen LogP contribution < -0.4 is 5.73 Å². The second-order valence-electron chi connectivity index (χ2n) is 3.06. The minimum absolute atomic E-state index is 0.295. The van der Waals surface area contributed by atoms with E-state index in [1.54, 1.807) is 19.1 Å². The maximum absolute atomic E-state index is 11.3. The molecule has 0 aliphatic heterocycles. The number of methoxy groups -OCH3 is 1. The summed E-state index contributed by atoms with van der Waals surface area (Å²) in [7, 11) is 1.29. The Morgan fingerprint density at radius 2 is 2.36 bits per heavy atom. The number of halogens is 1. The largest absolute Gasteiger partial charge is 0.467 e. The summed E-state index contributed by atoms with van der Waals surface area (Å²) in [6.45, 7) is 1.56. The third kappa shape index (κ3) is 2.02. The number of carbonyl (C=O) groups is 1. The highest BCUT2D eigenvalue weighted by molar-refractivity contribution is 6.29. The minimum atomic E-state index is -1.19. The molecule has 1 aromatic heterocycles. The van der Waals surface area contributed by atoms with Crippen molar-refractivity contribution in [2.45, 2.75) is 12.5 Å². The predicted molar refractivity (Wildman–Crippen MR) is 52.8 cm³/mol. The Hall–Kier alpha value is -1.13. The molecule has 0 aliphatic carbocycles. The zero-order valence-corrected chi connectivity index (χ0v) is 8.71. The van der Waals surface area contributed by atoms with E-state index in [0.717, 1.165) is 0 Å². The van der Waals surface area contributed by atoms with Crippen LogP contribution in [0.3, 0.4) is 0 Å². The molecular formula is C9H11ClN2O2. The highest BCUT2D eigenvalue weighted by Crippen LogP contribution is 2.20. The Kier molecular flexibility index (Phi) is 3.08. The average molecular weight is 215 g/mol. The monoisotopic (exact) mass is 214 g/mol. The van der Waals surface area contributed by atoms with Gasteiger partial charge in [-0.1, -0.05) is 11.6 Å². The molecule has 1 aromatic rings. The number of esters is 1. The first-order valence-electron chi connectivity index (χ1n) is 3.98. The van der Waals surface area contributed by atoms with Crippen molar-refractivity contribution in [3.63, 3.8) is 0 Å². The first-order valence-corrected chi connectivity index (χ1v) is 4.35. The quantitative estimate of drug-likeness (QED) is 0.591. The Morgan fingerprint density at radius 3 is 2.86 bits per heavy atom. The van der Waals surface area contributed by atoms with Gasteiger partial charge in [0.1, 0.15) is 10.7 Å². The van der Waals surface area contributed by atoms with E-state index < -0.39 is 11.5 Å². The first kappa shape index (κ1) is 10.9. The molecule has 2 N–H and O–H groups in total. The molecule has 0 saturated carbocycles. The lowest BCUT2D eigenvalue weighted by Gasteiger charge is -2.21. The van der Waals surface area contributed by atoms with Crippen molar-refractivity contribution in [2.75, 3.05) is 7.11 Å². The topological polar surface area (TPSA) is 65.2 Å². The van der Waals surface area contributed by atoms with Crippen LogP contribution >= 0.6 is 11.6 Å². The zero-order chi connectivity index (χ0) is 10.8. The summed E-state index contributed by atoms with van der Waals surface area (Å²) in [4.78, 5) is 15.1. The van der Waals surface area contributed by atoms with Crippen LogP contribution in [-0.2, 0) is 15.1 Å². The summed E-state index contributed by atoms with van der Waals surface area (Å²) in [6, 6.07) is 3.17. The molecule has 0 aromatic carbocycles. The van der Waals surface area contributed by atoms with Crippen LogP contribution in [0.15, 0.2) is 18.3 Å². The van der Waals surface area contributed by atoms with Crippen LogP contribution in [0.25, 0.3) is 0 Å². The summed E-state index contributed by atoms with van der Waals surface area (Å²) in [5, 5.41) is 0.295. The molecule has 0 bridgehead atoms. The van der Waals surface area contributed by atoms with E-state index in [2.05, 4.69) is 9.72 Å². The Labute approximate surface area is 87.0 Å². The second kappa shape index (κ2) is 3.94. The molecule has 0 amide bonds. The highest BCUT2D eigenvalue weighted by Gasteiger charge is 2.31. The number of aromatic nitrogens is 1. The number of carbonyl (C=O) groups excluding carboxylic acids is 1. The molecule has 0 fully saturated rings. The number of hydrogen-bond acceptors (Lipinski definition) is 4. The van der Waals surface area contributed by atoms with Gasteiger partial charge in [0.25, 0.3) is 0 Å². The summed E-state index contributed by atoms with van der Waals surface area (Å²) in [5.74, 6) is -0.514. The van der Waals surface area contributed by atoms with Gasteiger partial charge in [-0.3, -0.25) is 0 Å². The average Bonchev–Trinajstić information content (AvgIpc) is 2.16. The van der Waals surface area contributed by atoms with Crippen LogP contribution in [0.1, 0.15) is 12.5 Å². The molecule has 0 aliphatic rings. The van der Waals surface area contributed by atoms with Crippen molar-refractivity contribution in [3.8, 4) is 0 Å². The number of nitrogens with zero attached hydrogens (tertiary/aromatic N) is 1. The molecule has 1 unspecified atom stereocenters. The van der Waals surface area contributed by atoms with Gasteiger partial charge in [0.15, 0.2) is 0 Å². The van der Waals surface area contributed by atoms with Gasteiger partial charge >= 0.3 is 5.97 Å². The second-order valence-corrected chi connectivity index (χ2v) is 3.45. The molecule has 1 atom stereocenters. The van der Waals surface area contributed by atoms with Crippen LogP contribution in [0.4, 0.5) is 0 Å².